The lowest BCUT2D eigenvalue weighted by Crippen LogP contribution is -2.13. The molecule has 0 spiro atoms. The fourth-order valence-electron chi connectivity index (χ4n) is 2.58. The third kappa shape index (κ3) is 2.62. The van der Waals surface area contributed by atoms with E-state index in [0.717, 1.165) is 27.5 Å². The molecule has 1 aromatic carbocycles. The highest BCUT2D eigenvalue weighted by molar-refractivity contribution is 7.80. The predicted molar refractivity (Wildman–Crippen MR) is 78.5 cm³/mol. The van der Waals surface area contributed by atoms with E-state index in [2.05, 4.69) is 39.1 Å². The first-order valence-electron chi connectivity index (χ1n) is 6.43. The Morgan fingerprint density at radius 1 is 1.50 bits per heavy atom. The number of nitriles is 1. The maximum atomic E-state index is 9.42. The normalized spacial score (nSPS) is 17.9. The van der Waals surface area contributed by atoms with Gasteiger partial charge in [0.25, 0.3) is 0 Å². The van der Waals surface area contributed by atoms with Crippen molar-refractivity contribution in [1.29, 1.82) is 5.26 Å². The van der Waals surface area contributed by atoms with E-state index in [1.54, 1.807) is 0 Å². The van der Waals surface area contributed by atoms with Crippen LogP contribution >= 0.6 is 12.6 Å². The van der Waals surface area contributed by atoms with Crippen molar-refractivity contribution in [3.05, 3.63) is 35.9 Å². The second kappa shape index (κ2) is 5.20. The Kier molecular flexibility index (Phi) is 3.82. The monoisotopic (exact) mass is 257 g/mol. The van der Waals surface area contributed by atoms with Crippen molar-refractivity contribution in [2.24, 2.45) is 17.8 Å². The van der Waals surface area contributed by atoms with Crippen molar-refractivity contribution in [2.45, 2.75) is 31.6 Å². The fraction of sp³-hybridized carbons (Fsp3) is 0.438. The van der Waals surface area contributed by atoms with Gasteiger partial charge in [-0.25, -0.2) is 0 Å². The van der Waals surface area contributed by atoms with Crippen molar-refractivity contribution in [3.8, 4) is 6.07 Å². The third-order valence-corrected chi connectivity index (χ3v) is 4.24. The van der Waals surface area contributed by atoms with Crippen LogP contribution < -0.4 is 0 Å². The van der Waals surface area contributed by atoms with E-state index in [4.69, 9.17) is 0 Å². The maximum absolute atomic E-state index is 9.42. The van der Waals surface area contributed by atoms with Crippen molar-refractivity contribution in [3.63, 3.8) is 0 Å². The highest BCUT2D eigenvalue weighted by Gasteiger charge is 2.35. The van der Waals surface area contributed by atoms with E-state index < -0.39 is 0 Å². The molecular weight excluding hydrogens is 238 g/mol. The highest BCUT2D eigenvalue weighted by atomic mass is 32.1. The molecule has 1 fully saturated rings. The molecule has 2 rings (SSSR count). The van der Waals surface area contributed by atoms with E-state index in [0.29, 0.717) is 5.92 Å². The quantitative estimate of drug-likeness (QED) is 0.790. The van der Waals surface area contributed by atoms with Crippen molar-refractivity contribution in [1.82, 2.24) is 0 Å². The summed E-state index contributed by atoms with van der Waals surface area (Å²) in [6.45, 7) is 8.40. The number of hydrogen-bond donors (Lipinski definition) is 1. The van der Waals surface area contributed by atoms with Gasteiger partial charge >= 0.3 is 0 Å². The average molecular weight is 257 g/mol. The molecule has 1 aromatic rings. The molecule has 1 aliphatic rings. The molecule has 0 amide bonds. The Labute approximate surface area is 115 Å². The van der Waals surface area contributed by atoms with E-state index in [9.17, 15) is 5.26 Å². The molecule has 0 radical (unpaired) electrons. The summed E-state index contributed by atoms with van der Waals surface area (Å²) in [5.41, 5.74) is 3.21. The zero-order valence-electron chi connectivity index (χ0n) is 11.0. The van der Waals surface area contributed by atoms with Crippen LogP contribution in [0.3, 0.4) is 0 Å². The van der Waals surface area contributed by atoms with Crippen LogP contribution in [0.1, 0.15) is 30.9 Å². The number of nitrogens with zero attached hydrogens (tertiary/aromatic N) is 1. The molecule has 0 N–H and O–H groups in total. The topological polar surface area (TPSA) is 23.8 Å². The van der Waals surface area contributed by atoms with Gasteiger partial charge in [0, 0.05) is 4.90 Å². The molecule has 0 heterocycles. The summed E-state index contributed by atoms with van der Waals surface area (Å²) >= 11 is 4.33. The Bertz CT molecular complexity index is 508. The smallest absolute Gasteiger partial charge is 0.0741 e. The summed E-state index contributed by atoms with van der Waals surface area (Å²) in [5, 5.41) is 9.42. The molecule has 0 saturated heterocycles. The predicted octanol–water partition coefficient (Wildman–Crippen LogP) is 4.48. The Morgan fingerprint density at radius 3 is 2.67 bits per heavy atom. The summed E-state index contributed by atoms with van der Waals surface area (Å²) in [4.78, 5) is 0.952. The zero-order chi connectivity index (χ0) is 13.3. The molecule has 0 aliphatic heterocycles. The standard InChI is InChI=1S/C16H19NS/c1-10-8-14(18)6-7-15(10)12(3)16(9-17)11(2)13-4-5-13/h6-8,11,13,16,18H,3-5H2,1-2H3. The van der Waals surface area contributed by atoms with Crippen molar-refractivity contribution in [2.75, 3.05) is 0 Å². The zero-order valence-corrected chi connectivity index (χ0v) is 11.9. The van der Waals surface area contributed by atoms with Crippen LogP contribution in [-0.2, 0) is 0 Å². The molecule has 1 aliphatic carbocycles. The van der Waals surface area contributed by atoms with Crippen LogP contribution in [0.5, 0.6) is 0 Å². The van der Waals surface area contributed by atoms with E-state index in [1.165, 1.54) is 12.8 Å². The molecular formula is C16H19NS. The van der Waals surface area contributed by atoms with Gasteiger partial charge in [-0.3, -0.25) is 0 Å². The summed E-state index contributed by atoms with van der Waals surface area (Å²) in [6, 6.07) is 8.47. The van der Waals surface area contributed by atoms with Gasteiger partial charge in [-0.05, 0) is 60.4 Å². The van der Waals surface area contributed by atoms with Crippen LogP contribution in [0.25, 0.3) is 5.57 Å². The molecule has 18 heavy (non-hydrogen) atoms. The van der Waals surface area contributed by atoms with E-state index in [1.807, 2.05) is 18.2 Å². The van der Waals surface area contributed by atoms with Gasteiger partial charge in [0.1, 0.15) is 0 Å². The van der Waals surface area contributed by atoms with E-state index in [-0.39, 0.29) is 5.92 Å². The molecule has 2 unspecified atom stereocenters. The average Bonchev–Trinajstić information content (AvgIpc) is 3.13. The maximum Gasteiger partial charge on any atom is 0.0741 e. The van der Waals surface area contributed by atoms with Gasteiger partial charge < -0.3 is 0 Å². The third-order valence-electron chi connectivity index (χ3n) is 3.96. The first-order valence-corrected chi connectivity index (χ1v) is 6.87. The molecule has 2 atom stereocenters. The molecule has 1 saturated carbocycles. The van der Waals surface area contributed by atoms with Gasteiger partial charge in [-0.1, -0.05) is 19.6 Å². The molecule has 2 heteroatoms. The van der Waals surface area contributed by atoms with Crippen LogP contribution in [0.2, 0.25) is 0 Å². The Morgan fingerprint density at radius 2 is 2.17 bits per heavy atom. The summed E-state index contributed by atoms with van der Waals surface area (Å²) in [5.74, 6) is 1.07. The van der Waals surface area contributed by atoms with Gasteiger partial charge in [0.2, 0.25) is 0 Å². The van der Waals surface area contributed by atoms with Gasteiger partial charge in [0.05, 0.1) is 12.0 Å². The van der Waals surface area contributed by atoms with Crippen LogP contribution in [-0.4, -0.2) is 0 Å². The van der Waals surface area contributed by atoms with Crippen molar-refractivity contribution >= 4 is 18.2 Å². The number of aryl methyl sites for hydroxylation is 1. The largest absolute Gasteiger partial charge is 0.198 e. The minimum absolute atomic E-state index is 0.0676. The van der Waals surface area contributed by atoms with Crippen LogP contribution in [0.15, 0.2) is 29.7 Å². The fourth-order valence-corrected chi connectivity index (χ4v) is 2.85. The van der Waals surface area contributed by atoms with Crippen molar-refractivity contribution < 1.29 is 0 Å². The second-order valence-electron chi connectivity index (χ2n) is 5.33. The molecule has 1 nitrogen and oxygen atoms in total. The Hall–Kier alpha value is -1.20. The SMILES string of the molecule is C=C(c1ccc(S)cc1C)C(C#N)C(C)C1CC1. The Balaban J connectivity index is 2.26. The van der Waals surface area contributed by atoms with Gasteiger partial charge in [0.15, 0.2) is 0 Å². The summed E-state index contributed by atoms with van der Waals surface area (Å²) < 4.78 is 0. The first kappa shape index (κ1) is 13.2. The number of allylic oxidation sites excluding steroid dienone is 1. The summed E-state index contributed by atoms with van der Waals surface area (Å²) in [6.07, 6.45) is 2.53. The lowest BCUT2D eigenvalue weighted by molar-refractivity contribution is 0.455. The van der Waals surface area contributed by atoms with Gasteiger partial charge in [-0.2, -0.15) is 5.26 Å². The minimum Gasteiger partial charge on any atom is -0.198 e. The minimum atomic E-state index is -0.0676. The van der Waals surface area contributed by atoms with Gasteiger partial charge in [-0.15, -0.1) is 12.6 Å². The summed E-state index contributed by atoms with van der Waals surface area (Å²) in [7, 11) is 0. The number of thiol groups is 1. The number of hydrogen-bond acceptors (Lipinski definition) is 2. The number of benzene rings is 1. The lowest BCUT2D eigenvalue weighted by Gasteiger charge is -2.21. The lowest BCUT2D eigenvalue weighted by atomic mass is 9.81. The number of rotatable bonds is 4. The molecule has 0 bridgehead atoms. The second-order valence-corrected chi connectivity index (χ2v) is 5.84. The molecule has 0 aromatic heterocycles. The molecule has 94 valence electrons. The highest BCUT2D eigenvalue weighted by Crippen LogP contribution is 2.44. The van der Waals surface area contributed by atoms with E-state index >= 15 is 0 Å². The first-order chi connectivity index (χ1) is 8.54. The van der Waals surface area contributed by atoms with Crippen LogP contribution in [0.4, 0.5) is 0 Å². The van der Waals surface area contributed by atoms with Crippen LogP contribution in [0, 0.1) is 36.0 Å².